The normalized spacial score (nSPS) is 13.6. The number of unbranched alkanes of at least 4 members (excludes halogenated alkanes) is 2. The Labute approximate surface area is 142 Å². The van der Waals surface area contributed by atoms with Crippen LogP contribution in [0.25, 0.3) is 0 Å². The molecule has 0 fully saturated rings. The fourth-order valence-corrected chi connectivity index (χ4v) is 3.04. The molecule has 1 unspecified atom stereocenters. The molecule has 0 rings (SSSR count). The van der Waals surface area contributed by atoms with Gasteiger partial charge in [0, 0.05) is 0 Å². The minimum Gasteiger partial charge on any atom is -0.481 e. The molecule has 0 heterocycles. The lowest BCUT2D eigenvalue weighted by Gasteiger charge is -2.40. The number of carboxylic acids is 1. The fourth-order valence-electron chi connectivity index (χ4n) is 3.04. The van der Waals surface area contributed by atoms with Crippen molar-refractivity contribution in [2.45, 2.75) is 78.2 Å². The molecule has 2 N–H and O–H groups in total. The van der Waals surface area contributed by atoms with Gasteiger partial charge < -0.3 is 14.7 Å². The van der Waals surface area contributed by atoms with Gasteiger partial charge in [0.05, 0.1) is 26.1 Å². The van der Waals surface area contributed by atoms with Gasteiger partial charge in [-0.2, -0.15) is 0 Å². The van der Waals surface area contributed by atoms with Crippen LogP contribution in [-0.2, 0) is 4.79 Å². The maximum atomic E-state index is 11.0. The lowest BCUT2D eigenvalue weighted by Crippen LogP contribution is -2.54. The first kappa shape index (κ1) is 22.1. The van der Waals surface area contributed by atoms with Crippen LogP contribution in [0.4, 0.5) is 0 Å². The topological polar surface area (TPSA) is 57.5 Å². The standard InChI is InChI=1S/C19H37NO3/c1-4-7-10-11-12-18(21)17-20(14-8-5-2,15-9-6-3)16-13-19(22)23/h7,10,18,21H,4-6,8-9,11-17H2,1-3H3/p+1/b10-7+. The number of nitrogens with zero attached hydrogens (tertiary/aromatic N) is 1. The third-order valence-electron chi connectivity index (χ3n) is 4.44. The predicted molar refractivity (Wildman–Crippen MR) is 96.5 cm³/mol. The van der Waals surface area contributed by atoms with Gasteiger partial charge in [0.1, 0.15) is 12.6 Å². The Balaban J connectivity index is 4.79. The molecule has 4 heteroatoms. The minimum atomic E-state index is -0.735. The number of hydrogen-bond acceptors (Lipinski definition) is 2. The van der Waals surface area contributed by atoms with Gasteiger partial charge in [0.15, 0.2) is 0 Å². The predicted octanol–water partition coefficient (Wildman–Crippen LogP) is 3.99. The molecule has 23 heavy (non-hydrogen) atoms. The molecule has 4 nitrogen and oxygen atoms in total. The summed E-state index contributed by atoms with van der Waals surface area (Å²) in [6.45, 7) is 9.72. The van der Waals surface area contributed by atoms with E-state index in [0.29, 0.717) is 13.1 Å². The fraction of sp³-hybridized carbons (Fsp3) is 0.842. The van der Waals surface area contributed by atoms with Crippen molar-refractivity contribution < 1.29 is 19.5 Å². The summed E-state index contributed by atoms with van der Waals surface area (Å²) in [5.74, 6) is -0.735. The highest BCUT2D eigenvalue weighted by atomic mass is 16.4. The molecule has 0 spiro atoms. The van der Waals surface area contributed by atoms with Crippen LogP contribution in [0.5, 0.6) is 0 Å². The van der Waals surface area contributed by atoms with Gasteiger partial charge in [0.25, 0.3) is 0 Å². The quantitative estimate of drug-likeness (QED) is 0.353. The van der Waals surface area contributed by atoms with Crippen LogP contribution in [0.1, 0.15) is 72.1 Å². The van der Waals surface area contributed by atoms with Crippen LogP contribution in [0.3, 0.4) is 0 Å². The first-order valence-corrected chi connectivity index (χ1v) is 9.39. The van der Waals surface area contributed by atoms with E-state index in [9.17, 15) is 9.90 Å². The van der Waals surface area contributed by atoms with Gasteiger partial charge in [-0.25, -0.2) is 0 Å². The second kappa shape index (κ2) is 13.6. The molecular weight excluding hydrogens is 290 g/mol. The van der Waals surface area contributed by atoms with Crippen molar-refractivity contribution in [2.75, 3.05) is 26.2 Å². The number of carbonyl (C=O) groups is 1. The van der Waals surface area contributed by atoms with E-state index in [1.807, 2.05) is 0 Å². The molecule has 0 aromatic heterocycles. The second-order valence-corrected chi connectivity index (χ2v) is 6.66. The molecule has 0 aromatic rings. The number of rotatable bonds is 15. The molecule has 0 radical (unpaired) electrons. The number of allylic oxidation sites excluding steroid dienone is 2. The molecule has 0 aliphatic heterocycles. The van der Waals surface area contributed by atoms with Crippen molar-refractivity contribution in [3.8, 4) is 0 Å². The van der Waals surface area contributed by atoms with E-state index in [2.05, 4.69) is 32.9 Å². The summed E-state index contributed by atoms with van der Waals surface area (Å²) >= 11 is 0. The van der Waals surface area contributed by atoms with Crippen molar-refractivity contribution in [2.24, 2.45) is 0 Å². The summed E-state index contributed by atoms with van der Waals surface area (Å²) in [6, 6.07) is 0. The van der Waals surface area contributed by atoms with Crippen molar-refractivity contribution in [3.05, 3.63) is 12.2 Å². The zero-order valence-electron chi connectivity index (χ0n) is 15.5. The SMILES string of the molecule is CC/C=C/CCC(O)C[N+](CCCC)(CCCC)CCC(=O)O. The van der Waals surface area contributed by atoms with E-state index in [0.717, 1.165) is 62.5 Å². The average molecular weight is 329 g/mol. The summed E-state index contributed by atoms with van der Waals surface area (Å²) in [6.07, 6.45) is 11.2. The summed E-state index contributed by atoms with van der Waals surface area (Å²) in [4.78, 5) is 11.0. The molecule has 0 saturated heterocycles. The minimum absolute atomic E-state index is 0.190. The maximum Gasteiger partial charge on any atom is 0.309 e. The van der Waals surface area contributed by atoms with Crippen LogP contribution < -0.4 is 0 Å². The number of aliphatic carboxylic acids is 1. The molecular formula is C19H38NO3+. The molecule has 0 aliphatic rings. The third kappa shape index (κ3) is 11.3. The van der Waals surface area contributed by atoms with Crippen LogP contribution >= 0.6 is 0 Å². The summed E-state index contributed by atoms with van der Waals surface area (Å²) in [7, 11) is 0. The van der Waals surface area contributed by atoms with Gasteiger partial charge in [-0.3, -0.25) is 4.79 Å². The number of aliphatic hydroxyl groups is 1. The average Bonchev–Trinajstić information content (AvgIpc) is 2.53. The molecule has 0 saturated carbocycles. The molecule has 0 bridgehead atoms. The van der Waals surface area contributed by atoms with Crippen LogP contribution in [0.15, 0.2) is 12.2 Å². The van der Waals surface area contributed by atoms with Gasteiger partial charge in [-0.1, -0.05) is 45.8 Å². The van der Waals surface area contributed by atoms with Crippen LogP contribution in [0, 0.1) is 0 Å². The summed E-state index contributed by atoms with van der Waals surface area (Å²) in [5.41, 5.74) is 0. The zero-order valence-corrected chi connectivity index (χ0v) is 15.5. The first-order chi connectivity index (χ1) is 11.0. The zero-order chi connectivity index (χ0) is 17.6. The molecule has 0 aromatic carbocycles. The Hall–Kier alpha value is -0.870. The largest absolute Gasteiger partial charge is 0.481 e. The Kier molecular flexibility index (Phi) is 13.0. The second-order valence-electron chi connectivity index (χ2n) is 6.66. The highest BCUT2D eigenvalue weighted by Crippen LogP contribution is 2.17. The summed E-state index contributed by atoms with van der Waals surface area (Å²) in [5, 5.41) is 19.5. The molecule has 136 valence electrons. The highest BCUT2D eigenvalue weighted by Gasteiger charge is 2.29. The van der Waals surface area contributed by atoms with E-state index < -0.39 is 5.97 Å². The Bertz CT molecular complexity index is 321. The number of carboxylic acid groups (broad SMARTS) is 1. The third-order valence-corrected chi connectivity index (χ3v) is 4.44. The van der Waals surface area contributed by atoms with Gasteiger partial charge >= 0.3 is 5.97 Å². The van der Waals surface area contributed by atoms with E-state index in [-0.39, 0.29) is 12.5 Å². The Morgan fingerprint density at radius 2 is 1.65 bits per heavy atom. The smallest absolute Gasteiger partial charge is 0.309 e. The number of hydrogen-bond donors (Lipinski definition) is 2. The van der Waals surface area contributed by atoms with Gasteiger partial charge in [0.2, 0.25) is 0 Å². The lowest BCUT2D eigenvalue weighted by atomic mass is 10.1. The van der Waals surface area contributed by atoms with Crippen molar-refractivity contribution >= 4 is 5.97 Å². The highest BCUT2D eigenvalue weighted by molar-refractivity contribution is 5.66. The van der Waals surface area contributed by atoms with Gasteiger partial charge in [-0.05, 0) is 32.1 Å². The van der Waals surface area contributed by atoms with Crippen LogP contribution in [0.2, 0.25) is 0 Å². The first-order valence-electron chi connectivity index (χ1n) is 9.39. The maximum absolute atomic E-state index is 11.0. The van der Waals surface area contributed by atoms with E-state index in [1.54, 1.807) is 0 Å². The lowest BCUT2D eigenvalue weighted by molar-refractivity contribution is -0.931. The van der Waals surface area contributed by atoms with Gasteiger partial charge in [-0.15, -0.1) is 0 Å². The summed E-state index contributed by atoms with van der Waals surface area (Å²) < 4.78 is 0.757. The van der Waals surface area contributed by atoms with Crippen molar-refractivity contribution in [3.63, 3.8) is 0 Å². The number of aliphatic hydroxyl groups excluding tert-OH is 1. The monoisotopic (exact) mass is 328 g/mol. The number of quaternary nitrogens is 1. The molecule has 0 aliphatic carbocycles. The molecule has 1 atom stereocenters. The Morgan fingerprint density at radius 1 is 1.04 bits per heavy atom. The van der Waals surface area contributed by atoms with Crippen molar-refractivity contribution in [1.29, 1.82) is 0 Å². The Morgan fingerprint density at radius 3 is 2.13 bits per heavy atom. The van der Waals surface area contributed by atoms with E-state index >= 15 is 0 Å². The molecule has 0 amide bonds. The van der Waals surface area contributed by atoms with E-state index in [1.165, 1.54) is 0 Å². The van der Waals surface area contributed by atoms with Crippen LogP contribution in [-0.4, -0.2) is 52.9 Å². The van der Waals surface area contributed by atoms with E-state index in [4.69, 9.17) is 5.11 Å². The van der Waals surface area contributed by atoms with Crippen molar-refractivity contribution in [1.82, 2.24) is 0 Å².